The number of nitrogens with one attached hydrogen (secondary N) is 2. The minimum Gasteiger partial charge on any atom is -0.396 e. The molecular formula is C13H19N3O2. The van der Waals surface area contributed by atoms with Crippen molar-refractivity contribution in [3.05, 3.63) is 29.6 Å². The van der Waals surface area contributed by atoms with E-state index in [9.17, 15) is 4.79 Å². The summed E-state index contributed by atoms with van der Waals surface area (Å²) >= 11 is 0. The van der Waals surface area contributed by atoms with Crippen LogP contribution in [0.3, 0.4) is 0 Å². The number of nitrogens with zero attached hydrogens (tertiary/aromatic N) is 1. The van der Waals surface area contributed by atoms with E-state index in [1.807, 2.05) is 12.2 Å². The van der Waals surface area contributed by atoms with E-state index in [2.05, 4.69) is 22.4 Å². The standard InChI is InChI=1S/C13H19N3O2/c1-2-3-11-7-12(16-15-11)13(18)14-10-5-4-9(6-10)8-17/h4-5,7,9-10,17H,2-3,6,8H2,1H3,(H,14,18)(H,15,16)/t9-,10+/m0/s1. The summed E-state index contributed by atoms with van der Waals surface area (Å²) in [6.07, 6.45) is 6.55. The second-order valence-electron chi connectivity index (χ2n) is 4.67. The minimum absolute atomic E-state index is 0.000903. The largest absolute Gasteiger partial charge is 0.396 e. The van der Waals surface area contributed by atoms with Gasteiger partial charge in [-0.2, -0.15) is 5.10 Å². The highest BCUT2D eigenvalue weighted by atomic mass is 16.3. The molecule has 98 valence electrons. The van der Waals surface area contributed by atoms with Crippen molar-refractivity contribution in [1.29, 1.82) is 0 Å². The number of H-pyrrole nitrogens is 1. The van der Waals surface area contributed by atoms with Crippen molar-refractivity contribution in [3.63, 3.8) is 0 Å². The maximum atomic E-state index is 11.9. The van der Waals surface area contributed by atoms with Gasteiger partial charge in [0.2, 0.25) is 0 Å². The molecule has 1 amide bonds. The average molecular weight is 249 g/mol. The van der Waals surface area contributed by atoms with Gasteiger partial charge >= 0.3 is 0 Å². The van der Waals surface area contributed by atoms with Crippen LogP contribution in [0, 0.1) is 5.92 Å². The highest BCUT2D eigenvalue weighted by molar-refractivity contribution is 5.92. The molecule has 5 nitrogen and oxygen atoms in total. The molecule has 0 bridgehead atoms. The Balaban J connectivity index is 1.89. The predicted octanol–water partition coefficient (Wildman–Crippen LogP) is 1.03. The van der Waals surface area contributed by atoms with Gasteiger partial charge in [0, 0.05) is 24.3 Å². The second-order valence-corrected chi connectivity index (χ2v) is 4.67. The van der Waals surface area contributed by atoms with Gasteiger partial charge in [0.15, 0.2) is 0 Å². The number of aromatic nitrogens is 2. The summed E-state index contributed by atoms with van der Waals surface area (Å²) < 4.78 is 0. The average Bonchev–Trinajstić information content (AvgIpc) is 2.98. The summed E-state index contributed by atoms with van der Waals surface area (Å²) in [6, 6.07) is 1.79. The van der Waals surface area contributed by atoms with Crippen LogP contribution in [0.5, 0.6) is 0 Å². The molecular weight excluding hydrogens is 230 g/mol. The molecule has 0 aromatic carbocycles. The van der Waals surface area contributed by atoms with E-state index in [1.165, 1.54) is 0 Å². The summed E-state index contributed by atoms with van der Waals surface area (Å²) in [5, 5.41) is 18.8. The molecule has 18 heavy (non-hydrogen) atoms. The Morgan fingerprint density at radius 1 is 1.61 bits per heavy atom. The van der Waals surface area contributed by atoms with Gasteiger partial charge in [0.1, 0.15) is 5.69 Å². The molecule has 3 N–H and O–H groups in total. The number of hydrogen-bond donors (Lipinski definition) is 3. The number of amides is 1. The summed E-state index contributed by atoms with van der Waals surface area (Å²) in [6.45, 7) is 2.21. The Morgan fingerprint density at radius 3 is 3.11 bits per heavy atom. The lowest BCUT2D eigenvalue weighted by atomic mass is 10.1. The summed E-state index contributed by atoms with van der Waals surface area (Å²) in [5.74, 6) is -0.00743. The zero-order valence-electron chi connectivity index (χ0n) is 10.5. The number of aromatic amines is 1. The lowest BCUT2D eigenvalue weighted by Gasteiger charge is -2.11. The number of hydrogen-bond acceptors (Lipinski definition) is 3. The first-order valence-electron chi connectivity index (χ1n) is 6.37. The number of carbonyl (C=O) groups is 1. The lowest BCUT2D eigenvalue weighted by molar-refractivity contribution is 0.0936. The maximum absolute atomic E-state index is 11.9. The first kappa shape index (κ1) is 12.8. The summed E-state index contributed by atoms with van der Waals surface area (Å²) in [5.41, 5.74) is 1.41. The molecule has 0 saturated carbocycles. The Morgan fingerprint density at radius 2 is 2.44 bits per heavy atom. The molecule has 5 heteroatoms. The highest BCUT2D eigenvalue weighted by Crippen LogP contribution is 2.17. The normalized spacial score (nSPS) is 22.3. The summed E-state index contributed by atoms with van der Waals surface area (Å²) in [7, 11) is 0. The monoisotopic (exact) mass is 249 g/mol. The highest BCUT2D eigenvalue weighted by Gasteiger charge is 2.21. The van der Waals surface area contributed by atoms with Crippen molar-refractivity contribution in [2.75, 3.05) is 6.61 Å². The molecule has 0 unspecified atom stereocenters. The molecule has 0 aliphatic heterocycles. The van der Waals surface area contributed by atoms with E-state index in [4.69, 9.17) is 5.11 Å². The van der Waals surface area contributed by atoms with Crippen LogP contribution in [0.25, 0.3) is 0 Å². The van der Waals surface area contributed by atoms with Crippen molar-refractivity contribution in [2.24, 2.45) is 5.92 Å². The van der Waals surface area contributed by atoms with Gasteiger partial charge in [-0.3, -0.25) is 9.89 Å². The van der Waals surface area contributed by atoms with Crippen molar-refractivity contribution in [3.8, 4) is 0 Å². The first-order chi connectivity index (χ1) is 8.72. The molecule has 0 spiro atoms. The van der Waals surface area contributed by atoms with Gasteiger partial charge < -0.3 is 10.4 Å². The molecule has 1 aliphatic carbocycles. The fraction of sp³-hybridized carbons (Fsp3) is 0.538. The van der Waals surface area contributed by atoms with E-state index in [0.29, 0.717) is 5.69 Å². The number of carbonyl (C=O) groups excluding carboxylic acids is 1. The third-order valence-electron chi connectivity index (χ3n) is 3.11. The van der Waals surface area contributed by atoms with Gasteiger partial charge in [0.05, 0.1) is 0 Å². The van der Waals surface area contributed by atoms with Gasteiger partial charge in [-0.05, 0) is 18.9 Å². The van der Waals surface area contributed by atoms with Gasteiger partial charge in [-0.25, -0.2) is 0 Å². The molecule has 1 heterocycles. The Kier molecular flexibility index (Phi) is 4.15. The minimum atomic E-state index is -0.165. The van der Waals surface area contributed by atoms with Gasteiger partial charge in [0.25, 0.3) is 5.91 Å². The Bertz CT molecular complexity index is 439. The number of rotatable bonds is 5. The molecule has 2 rings (SSSR count). The van der Waals surface area contributed by atoms with Gasteiger partial charge in [-0.1, -0.05) is 25.5 Å². The van der Waals surface area contributed by atoms with Crippen LogP contribution in [0.2, 0.25) is 0 Å². The Hall–Kier alpha value is -1.62. The van der Waals surface area contributed by atoms with Crippen LogP contribution in [0.15, 0.2) is 18.2 Å². The molecule has 1 aromatic rings. The third kappa shape index (κ3) is 2.98. The van der Waals surface area contributed by atoms with Crippen LogP contribution in [0.4, 0.5) is 0 Å². The second kappa shape index (κ2) is 5.82. The van der Waals surface area contributed by atoms with E-state index in [0.717, 1.165) is 25.0 Å². The van der Waals surface area contributed by atoms with Gasteiger partial charge in [-0.15, -0.1) is 0 Å². The van der Waals surface area contributed by atoms with E-state index in [1.54, 1.807) is 6.07 Å². The topological polar surface area (TPSA) is 78.0 Å². The predicted molar refractivity (Wildman–Crippen MR) is 68.2 cm³/mol. The lowest BCUT2D eigenvalue weighted by Crippen LogP contribution is -2.33. The molecule has 1 aromatic heterocycles. The zero-order valence-corrected chi connectivity index (χ0v) is 10.5. The molecule has 0 fully saturated rings. The van der Waals surface area contributed by atoms with Crippen LogP contribution in [-0.4, -0.2) is 33.9 Å². The number of aliphatic hydroxyl groups is 1. The molecule has 0 radical (unpaired) electrons. The van der Waals surface area contributed by atoms with Crippen molar-refractivity contribution >= 4 is 5.91 Å². The molecule has 1 aliphatic rings. The zero-order chi connectivity index (χ0) is 13.0. The SMILES string of the molecule is CCCc1cc(C(=O)N[C@@H]2C=C[C@H](CO)C2)n[nH]1. The van der Waals surface area contributed by atoms with E-state index < -0.39 is 0 Å². The van der Waals surface area contributed by atoms with Crippen LogP contribution >= 0.6 is 0 Å². The quantitative estimate of drug-likeness (QED) is 0.682. The summed E-state index contributed by atoms with van der Waals surface area (Å²) in [4.78, 5) is 11.9. The van der Waals surface area contributed by atoms with Crippen LogP contribution in [0.1, 0.15) is 35.9 Å². The van der Waals surface area contributed by atoms with E-state index >= 15 is 0 Å². The fourth-order valence-corrected chi connectivity index (χ4v) is 2.13. The fourth-order valence-electron chi connectivity index (χ4n) is 2.13. The number of aliphatic hydroxyl groups excluding tert-OH is 1. The smallest absolute Gasteiger partial charge is 0.272 e. The van der Waals surface area contributed by atoms with Crippen LogP contribution < -0.4 is 5.32 Å². The van der Waals surface area contributed by atoms with Crippen molar-refractivity contribution < 1.29 is 9.90 Å². The third-order valence-corrected chi connectivity index (χ3v) is 3.11. The van der Waals surface area contributed by atoms with Crippen LogP contribution in [-0.2, 0) is 6.42 Å². The Labute approximate surface area is 106 Å². The first-order valence-corrected chi connectivity index (χ1v) is 6.37. The van der Waals surface area contributed by atoms with E-state index in [-0.39, 0.29) is 24.5 Å². The number of aryl methyl sites for hydroxylation is 1. The van der Waals surface area contributed by atoms with Crippen molar-refractivity contribution in [2.45, 2.75) is 32.2 Å². The molecule has 0 saturated heterocycles. The maximum Gasteiger partial charge on any atom is 0.272 e. The van der Waals surface area contributed by atoms with Crippen molar-refractivity contribution in [1.82, 2.24) is 15.5 Å². The molecule has 2 atom stereocenters.